The van der Waals surface area contributed by atoms with Crippen LogP contribution in [0.1, 0.15) is 69.5 Å². The summed E-state index contributed by atoms with van der Waals surface area (Å²) in [4.78, 5) is 8.67. The smallest absolute Gasteiger partial charge is 0.149 e. The Hall–Kier alpha value is -3.09. The number of aryl methyl sites for hydroxylation is 1. The first-order chi connectivity index (χ1) is 15.8. The number of fused-ring (bicyclic) bond motifs is 1. The van der Waals surface area contributed by atoms with E-state index in [2.05, 4.69) is 35.7 Å². The van der Waals surface area contributed by atoms with Crippen molar-refractivity contribution in [2.75, 3.05) is 12.3 Å². The number of nitrogens with two attached hydrogens (primary N) is 1. The number of hydrogen-bond acceptors (Lipinski definition) is 5. The van der Waals surface area contributed by atoms with E-state index >= 15 is 4.39 Å². The molecule has 1 unspecified atom stereocenters. The third kappa shape index (κ3) is 5.46. The van der Waals surface area contributed by atoms with E-state index < -0.39 is 0 Å². The van der Waals surface area contributed by atoms with Crippen LogP contribution in [0.3, 0.4) is 0 Å². The van der Waals surface area contributed by atoms with Crippen molar-refractivity contribution in [3.63, 3.8) is 0 Å². The van der Waals surface area contributed by atoms with Crippen LogP contribution in [0.5, 0.6) is 5.75 Å². The highest BCUT2D eigenvalue weighted by molar-refractivity contribution is 5.71. The van der Waals surface area contributed by atoms with Crippen LogP contribution < -0.4 is 15.8 Å². The minimum absolute atomic E-state index is 0.127. The lowest BCUT2D eigenvalue weighted by Crippen LogP contribution is -2.23. The number of rotatable bonds is 11. The molecule has 2 aromatic heterocycles. The van der Waals surface area contributed by atoms with Crippen LogP contribution in [0.2, 0.25) is 0 Å². The van der Waals surface area contributed by atoms with Gasteiger partial charge in [-0.1, -0.05) is 33.3 Å². The summed E-state index contributed by atoms with van der Waals surface area (Å²) in [6.45, 7) is 14.9. The molecular formula is C26H36FN5O. The maximum Gasteiger partial charge on any atom is 0.149 e. The Morgan fingerprint density at radius 3 is 2.73 bits per heavy atom. The SMILES string of the molecule is C=C(NCC(CC)CCC)c1c(F)c(C)cc(Cc2ncc3c(N)nccn23)c1OC(C)C. The van der Waals surface area contributed by atoms with Gasteiger partial charge in [-0.25, -0.2) is 14.4 Å². The maximum atomic E-state index is 15.5. The van der Waals surface area contributed by atoms with Crippen LogP contribution in [0.25, 0.3) is 11.2 Å². The van der Waals surface area contributed by atoms with Crippen molar-refractivity contribution in [3.8, 4) is 5.75 Å². The number of benzene rings is 1. The summed E-state index contributed by atoms with van der Waals surface area (Å²) < 4.78 is 23.5. The molecule has 0 aliphatic heterocycles. The Bertz CT molecular complexity index is 1120. The van der Waals surface area contributed by atoms with Gasteiger partial charge in [0.15, 0.2) is 0 Å². The summed E-state index contributed by atoms with van der Waals surface area (Å²) in [6, 6.07) is 1.83. The molecule has 3 aromatic rings. The lowest BCUT2D eigenvalue weighted by molar-refractivity contribution is 0.238. The molecule has 178 valence electrons. The average Bonchev–Trinajstić information content (AvgIpc) is 3.18. The van der Waals surface area contributed by atoms with Gasteiger partial charge in [0.2, 0.25) is 0 Å². The number of hydrogen-bond donors (Lipinski definition) is 2. The zero-order valence-corrected chi connectivity index (χ0v) is 20.4. The van der Waals surface area contributed by atoms with E-state index in [1.54, 1.807) is 19.3 Å². The lowest BCUT2D eigenvalue weighted by atomic mass is 9.97. The number of ether oxygens (including phenoxy) is 1. The molecule has 0 bridgehead atoms. The molecule has 0 saturated heterocycles. The zero-order valence-electron chi connectivity index (χ0n) is 20.4. The van der Waals surface area contributed by atoms with Crippen molar-refractivity contribution in [3.05, 3.63) is 59.6 Å². The maximum absolute atomic E-state index is 15.5. The summed E-state index contributed by atoms with van der Waals surface area (Å²) in [5.41, 5.74) is 9.07. The van der Waals surface area contributed by atoms with E-state index in [1.165, 1.54) is 0 Å². The standard InChI is InChI=1S/C26H36FN5O/c1-7-9-19(8-2)14-30-18(6)23-24(27)17(5)12-20(25(23)33-16(3)4)13-22-31-15-21-26(28)29-10-11-32(21)22/h10-12,15-16,19,30H,6-9,13-14H2,1-5H3,(H2,28,29). The molecule has 0 spiro atoms. The molecule has 3 N–H and O–H groups in total. The second-order valence-corrected chi connectivity index (χ2v) is 8.88. The molecule has 7 heteroatoms. The average molecular weight is 454 g/mol. The molecule has 2 heterocycles. The van der Waals surface area contributed by atoms with Gasteiger partial charge < -0.3 is 15.8 Å². The molecular weight excluding hydrogens is 417 g/mol. The van der Waals surface area contributed by atoms with E-state index in [0.29, 0.717) is 40.7 Å². The fourth-order valence-corrected chi connectivity index (χ4v) is 4.14. The van der Waals surface area contributed by atoms with Crippen LogP contribution in [-0.4, -0.2) is 27.0 Å². The number of anilines is 1. The summed E-state index contributed by atoms with van der Waals surface area (Å²) in [6.07, 6.45) is 8.81. The first-order valence-corrected chi connectivity index (χ1v) is 11.7. The molecule has 0 amide bonds. The molecule has 6 nitrogen and oxygen atoms in total. The van der Waals surface area contributed by atoms with Gasteiger partial charge in [0, 0.05) is 36.6 Å². The van der Waals surface area contributed by atoms with Crippen LogP contribution in [-0.2, 0) is 6.42 Å². The monoisotopic (exact) mass is 453 g/mol. The highest BCUT2D eigenvalue weighted by Crippen LogP contribution is 2.35. The highest BCUT2D eigenvalue weighted by atomic mass is 19.1. The van der Waals surface area contributed by atoms with Gasteiger partial charge in [0.05, 0.1) is 17.9 Å². The van der Waals surface area contributed by atoms with Crippen molar-refractivity contribution >= 4 is 17.0 Å². The predicted octanol–water partition coefficient (Wildman–Crippen LogP) is 5.52. The van der Waals surface area contributed by atoms with Gasteiger partial charge in [-0.2, -0.15) is 0 Å². The van der Waals surface area contributed by atoms with E-state index in [0.717, 1.165) is 42.7 Å². The van der Waals surface area contributed by atoms with E-state index in [9.17, 15) is 0 Å². The third-order valence-corrected chi connectivity index (χ3v) is 5.92. The van der Waals surface area contributed by atoms with Crippen LogP contribution in [0.15, 0.2) is 31.2 Å². The van der Waals surface area contributed by atoms with Gasteiger partial charge >= 0.3 is 0 Å². The van der Waals surface area contributed by atoms with Crippen molar-refractivity contribution in [1.29, 1.82) is 0 Å². The Morgan fingerprint density at radius 2 is 2.06 bits per heavy atom. The number of nitrogen functional groups attached to an aromatic ring is 1. The van der Waals surface area contributed by atoms with Gasteiger partial charge in [-0.05, 0) is 44.7 Å². The third-order valence-electron chi connectivity index (χ3n) is 5.92. The second-order valence-electron chi connectivity index (χ2n) is 8.88. The van der Waals surface area contributed by atoms with E-state index in [4.69, 9.17) is 10.5 Å². The van der Waals surface area contributed by atoms with Crippen LogP contribution >= 0.6 is 0 Å². The topological polar surface area (TPSA) is 77.5 Å². The number of halogens is 1. The Morgan fingerprint density at radius 1 is 1.30 bits per heavy atom. The van der Waals surface area contributed by atoms with Crippen molar-refractivity contribution < 1.29 is 9.13 Å². The zero-order chi connectivity index (χ0) is 24.1. The Labute approximate surface area is 196 Å². The Balaban J connectivity index is 2.02. The molecule has 1 aromatic carbocycles. The lowest BCUT2D eigenvalue weighted by Gasteiger charge is -2.23. The fraction of sp³-hybridized carbons (Fsp3) is 0.462. The van der Waals surface area contributed by atoms with Gasteiger partial charge in [0.25, 0.3) is 0 Å². The second kappa shape index (κ2) is 10.7. The number of nitrogens with one attached hydrogen (secondary N) is 1. The summed E-state index contributed by atoms with van der Waals surface area (Å²) in [5.74, 6) is 1.91. The quantitative estimate of drug-likeness (QED) is 0.399. The molecule has 0 aliphatic carbocycles. The highest BCUT2D eigenvalue weighted by Gasteiger charge is 2.23. The van der Waals surface area contributed by atoms with Crippen LogP contribution in [0, 0.1) is 18.7 Å². The molecule has 0 fully saturated rings. The fourth-order valence-electron chi connectivity index (χ4n) is 4.14. The first kappa shape index (κ1) is 24.6. The predicted molar refractivity (Wildman–Crippen MR) is 133 cm³/mol. The minimum Gasteiger partial charge on any atom is -0.490 e. The molecule has 1 atom stereocenters. The number of imidazole rings is 1. The van der Waals surface area contributed by atoms with E-state index in [1.807, 2.05) is 30.5 Å². The normalized spacial score (nSPS) is 12.3. The minimum atomic E-state index is -0.308. The number of aromatic nitrogens is 3. The van der Waals surface area contributed by atoms with E-state index in [-0.39, 0.29) is 11.9 Å². The molecule has 3 rings (SSSR count). The van der Waals surface area contributed by atoms with Gasteiger partial charge in [0.1, 0.15) is 28.7 Å². The summed E-state index contributed by atoms with van der Waals surface area (Å²) in [7, 11) is 0. The van der Waals surface area contributed by atoms with Crippen molar-refractivity contribution in [2.45, 2.75) is 66.4 Å². The summed E-state index contributed by atoms with van der Waals surface area (Å²) in [5, 5.41) is 3.38. The molecule has 0 aliphatic rings. The van der Waals surface area contributed by atoms with Crippen molar-refractivity contribution in [2.24, 2.45) is 5.92 Å². The summed E-state index contributed by atoms with van der Waals surface area (Å²) >= 11 is 0. The Kier molecular flexibility index (Phi) is 7.95. The van der Waals surface area contributed by atoms with Crippen LogP contribution in [0.4, 0.5) is 10.2 Å². The van der Waals surface area contributed by atoms with Gasteiger partial charge in [-0.15, -0.1) is 0 Å². The number of nitrogens with zero attached hydrogens (tertiary/aromatic N) is 3. The first-order valence-electron chi connectivity index (χ1n) is 11.7. The van der Waals surface area contributed by atoms with Gasteiger partial charge in [-0.3, -0.25) is 4.40 Å². The molecule has 0 radical (unpaired) electrons. The largest absolute Gasteiger partial charge is 0.490 e. The van der Waals surface area contributed by atoms with Crippen molar-refractivity contribution in [1.82, 2.24) is 19.7 Å². The molecule has 33 heavy (non-hydrogen) atoms. The molecule has 0 saturated carbocycles.